The van der Waals surface area contributed by atoms with E-state index in [9.17, 15) is 9.90 Å². The smallest absolute Gasteiger partial charge is 0.257 e. The summed E-state index contributed by atoms with van der Waals surface area (Å²) in [4.78, 5) is 17.9. The van der Waals surface area contributed by atoms with Crippen LogP contribution < -0.4 is 11.3 Å². The Kier molecular flexibility index (Phi) is 2.36. The van der Waals surface area contributed by atoms with Gasteiger partial charge in [-0.25, -0.2) is 0 Å². The van der Waals surface area contributed by atoms with Gasteiger partial charge in [0.05, 0.1) is 5.56 Å². The maximum Gasteiger partial charge on any atom is 0.257 e. The average molecular weight is 217 g/mol. The summed E-state index contributed by atoms with van der Waals surface area (Å²) < 4.78 is 0. The number of nitrogens with two attached hydrogens (primary N) is 1. The lowest BCUT2D eigenvalue weighted by Crippen LogP contribution is -2.12. The molecule has 4 N–H and O–H groups in total. The third-order valence-corrected chi connectivity index (χ3v) is 2.29. The Labute approximate surface area is 91.6 Å². The van der Waals surface area contributed by atoms with Gasteiger partial charge in [-0.2, -0.15) is 4.98 Å². The van der Waals surface area contributed by atoms with Gasteiger partial charge in [-0.05, 0) is 19.1 Å². The first-order chi connectivity index (χ1) is 7.58. The van der Waals surface area contributed by atoms with Crippen molar-refractivity contribution in [3.05, 3.63) is 40.2 Å². The van der Waals surface area contributed by atoms with Gasteiger partial charge in [-0.3, -0.25) is 4.79 Å². The molecule has 0 bridgehead atoms. The average Bonchev–Trinajstić information content (AvgIpc) is 2.25. The van der Waals surface area contributed by atoms with E-state index in [1.165, 1.54) is 6.92 Å². The van der Waals surface area contributed by atoms with Gasteiger partial charge in [-0.1, -0.05) is 12.1 Å². The largest absolute Gasteiger partial charge is 0.493 e. The molecule has 1 aromatic carbocycles. The molecule has 5 heteroatoms. The Morgan fingerprint density at radius 3 is 2.81 bits per heavy atom. The topological polar surface area (TPSA) is 92.0 Å². The highest BCUT2D eigenvalue weighted by atomic mass is 16.3. The molecule has 0 saturated heterocycles. The predicted molar refractivity (Wildman–Crippen MR) is 61.1 cm³/mol. The number of nitrogens with one attached hydrogen (secondary N) is 1. The summed E-state index contributed by atoms with van der Waals surface area (Å²) in [6, 6.07) is 6.91. The standard InChI is InChI=1S/C11H11N3O2/c1-6-10(15)13-9(14-11(6)16)7-3-2-4-8(12)5-7/h2-5H,12H2,1H3,(H2,13,14,15,16). The molecule has 2 aromatic rings. The summed E-state index contributed by atoms with van der Waals surface area (Å²) in [5.41, 5.74) is 6.69. The Balaban J connectivity index is 2.61. The van der Waals surface area contributed by atoms with Gasteiger partial charge in [0.1, 0.15) is 5.82 Å². The van der Waals surface area contributed by atoms with Crippen LogP contribution in [0.1, 0.15) is 5.56 Å². The van der Waals surface area contributed by atoms with E-state index in [-0.39, 0.29) is 17.0 Å². The van der Waals surface area contributed by atoms with E-state index < -0.39 is 0 Å². The minimum atomic E-state index is -0.357. The summed E-state index contributed by atoms with van der Waals surface area (Å²) in [6.07, 6.45) is 0. The lowest BCUT2D eigenvalue weighted by molar-refractivity contribution is 0.447. The van der Waals surface area contributed by atoms with Crippen molar-refractivity contribution in [2.75, 3.05) is 5.73 Å². The number of nitrogen functional groups attached to an aromatic ring is 1. The lowest BCUT2D eigenvalue weighted by atomic mass is 10.2. The van der Waals surface area contributed by atoms with Crippen LogP contribution in [0.25, 0.3) is 11.4 Å². The van der Waals surface area contributed by atoms with E-state index >= 15 is 0 Å². The molecule has 5 nitrogen and oxygen atoms in total. The molecule has 0 atom stereocenters. The van der Waals surface area contributed by atoms with Crippen LogP contribution in [0.2, 0.25) is 0 Å². The summed E-state index contributed by atoms with van der Waals surface area (Å²) in [5.74, 6) is 0.0431. The summed E-state index contributed by atoms with van der Waals surface area (Å²) >= 11 is 0. The number of hydrogen-bond donors (Lipinski definition) is 3. The number of hydrogen-bond acceptors (Lipinski definition) is 4. The van der Waals surface area contributed by atoms with Crippen LogP contribution in [0.5, 0.6) is 5.88 Å². The van der Waals surface area contributed by atoms with Crippen molar-refractivity contribution < 1.29 is 5.11 Å². The van der Waals surface area contributed by atoms with Gasteiger partial charge in [0, 0.05) is 11.3 Å². The molecule has 0 aliphatic carbocycles. The molecule has 2 rings (SSSR count). The molecule has 0 unspecified atom stereocenters. The van der Waals surface area contributed by atoms with Crippen molar-refractivity contribution in [3.63, 3.8) is 0 Å². The predicted octanol–water partition coefficient (Wildman–Crippen LogP) is 1.03. The third-order valence-electron chi connectivity index (χ3n) is 2.29. The molecular weight excluding hydrogens is 206 g/mol. The summed E-state index contributed by atoms with van der Waals surface area (Å²) in [7, 11) is 0. The van der Waals surface area contributed by atoms with Crippen molar-refractivity contribution in [2.45, 2.75) is 6.92 Å². The first kappa shape index (κ1) is 10.2. The van der Waals surface area contributed by atoms with E-state index in [1.54, 1.807) is 24.3 Å². The number of rotatable bonds is 1. The van der Waals surface area contributed by atoms with Crippen LogP contribution in [-0.4, -0.2) is 15.1 Å². The molecule has 0 fully saturated rings. The van der Waals surface area contributed by atoms with E-state index in [0.29, 0.717) is 17.1 Å². The van der Waals surface area contributed by atoms with E-state index in [1.807, 2.05) is 0 Å². The van der Waals surface area contributed by atoms with Crippen LogP contribution in [0.15, 0.2) is 29.1 Å². The van der Waals surface area contributed by atoms with Gasteiger partial charge < -0.3 is 15.8 Å². The first-order valence-corrected chi connectivity index (χ1v) is 4.73. The number of aromatic hydroxyl groups is 1. The normalized spacial score (nSPS) is 10.3. The van der Waals surface area contributed by atoms with Crippen LogP contribution >= 0.6 is 0 Å². The zero-order chi connectivity index (χ0) is 11.7. The second-order valence-corrected chi connectivity index (χ2v) is 3.49. The number of nitrogens with zero attached hydrogens (tertiary/aromatic N) is 1. The van der Waals surface area contributed by atoms with Crippen LogP contribution in [-0.2, 0) is 0 Å². The maximum absolute atomic E-state index is 11.4. The van der Waals surface area contributed by atoms with Gasteiger partial charge in [0.25, 0.3) is 5.56 Å². The molecule has 82 valence electrons. The van der Waals surface area contributed by atoms with Crippen molar-refractivity contribution in [2.24, 2.45) is 0 Å². The minimum Gasteiger partial charge on any atom is -0.493 e. The molecule has 1 aromatic heterocycles. The van der Waals surface area contributed by atoms with Crippen LogP contribution in [0, 0.1) is 6.92 Å². The highest BCUT2D eigenvalue weighted by Gasteiger charge is 2.07. The van der Waals surface area contributed by atoms with Crippen LogP contribution in [0.3, 0.4) is 0 Å². The number of aromatic nitrogens is 2. The first-order valence-electron chi connectivity index (χ1n) is 4.73. The van der Waals surface area contributed by atoms with Gasteiger partial charge in [0.2, 0.25) is 5.88 Å². The van der Waals surface area contributed by atoms with E-state index in [4.69, 9.17) is 5.73 Å². The fourth-order valence-electron chi connectivity index (χ4n) is 1.34. The van der Waals surface area contributed by atoms with Gasteiger partial charge in [0.15, 0.2) is 0 Å². The fraction of sp³-hybridized carbons (Fsp3) is 0.0909. The Hall–Kier alpha value is -2.30. The molecule has 0 radical (unpaired) electrons. The highest BCUT2D eigenvalue weighted by molar-refractivity contribution is 5.61. The maximum atomic E-state index is 11.4. The van der Waals surface area contributed by atoms with Gasteiger partial charge in [-0.15, -0.1) is 0 Å². The Morgan fingerprint density at radius 2 is 2.19 bits per heavy atom. The van der Waals surface area contributed by atoms with Crippen molar-refractivity contribution in [1.82, 2.24) is 9.97 Å². The zero-order valence-corrected chi connectivity index (χ0v) is 8.69. The molecule has 0 aliphatic rings. The van der Waals surface area contributed by atoms with Crippen molar-refractivity contribution >= 4 is 5.69 Å². The van der Waals surface area contributed by atoms with Crippen molar-refractivity contribution in [3.8, 4) is 17.3 Å². The number of H-pyrrole nitrogens is 1. The Morgan fingerprint density at radius 1 is 1.44 bits per heavy atom. The number of anilines is 1. The molecule has 0 spiro atoms. The molecule has 16 heavy (non-hydrogen) atoms. The number of benzene rings is 1. The van der Waals surface area contributed by atoms with E-state index in [2.05, 4.69) is 9.97 Å². The summed E-state index contributed by atoms with van der Waals surface area (Å²) in [5, 5.41) is 9.45. The molecule has 0 saturated carbocycles. The second kappa shape index (κ2) is 3.69. The van der Waals surface area contributed by atoms with Gasteiger partial charge >= 0.3 is 0 Å². The lowest BCUT2D eigenvalue weighted by Gasteiger charge is -2.03. The summed E-state index contributed by atoms with van der Waals surface area (Å²) in [6.45, 7) is 1.50. The second-order valence-electron chi connectivity index (χ2n) is 3.49. The fourth-order valence-corrected chi connectivity index (χ4v) is 1.34. The van der Waals surface area contributed by atoms with Crippen molar-refractivity contribution in [1.29, 1.82) is 0 Å². The number of aromatic amines is 1. The highest BCUT2D eigenvalue weighted by Crippen LogP contribution is 2.19. The quantitative estimate of drug-likeness (QED) is 0.622. The molecule has 0 aliphatic heterocycles. The molecular formula is C11H11N3O2. The van der Waals surface area contributed by atoms with E-state index in [0.717, 1.165) is 0 Å². The van der Waals surface area contributed by atoms with Crippen LogP contribution in [0.4, 0.5) is 5.69 Å². The monoisotopic (exact) mass is 217 g/mol. The Bertz CT molecular complexity index is 590. The molecule has 1 heterocycles. The third kappa shape index (κ3) is 1.75. The SMILES string of the molecule is Cc1c(O)nc(-c2cccc(N)c2)[nH]c1=O. The molecule has 0 amide bonds. The zero-order valence-electron chi connectivity index (χ0n) is 8.69. The minimum absolute atomic E-state index is 0.202.